The van der Waals surface area contributed by atoms with Gasteiger partial charge in [-0.25, -0.2) is 4.68 Å². The number of anilines is 1. The zero-order valence-electron chi connectivity index (χ0n) is 14.0. The average Bonchev–Trinajstić information content (AvgIpc) is 3.26. The van der Waals surface area contributed by atoms with Crippen molar-refractivity contribution in [1.29, 1.82) is 0 Å². The van der Waals surface area contributed by atoms with Crippen LogP contribution in [-0.2, 0) is 11.8 Å². The fraction of sp³-hybridized carbons (Fsp3) is 0.312. The van der Waals surface area contributed by atoms with Gasteiger partial charge >= 0.3 is 0 Å². The summed E-state index contributed by atoms with van der Waals surface area (Å²) >= 11 is 7.25. The molecule has 1 saturated carbocycles. The topological polar surface area (TPSA) is 90.5 Å². The van der Waals surface area contributed by atoms with Crippen molar-refractivity contribution in [3.8, 4) is 11.3 Å². The van der Waals surface area contributed by atoms with Crippen LogP contribution in [0.25, 0.3) is 11.3 Å². The Morgan fingerprint density at radius 3 is 2.85 bits per heavy atom. The van der Waals surface area contributed by atoms with Crippen molar-refractivity contribution < 1.29 is 4.79 Å². The quantitative estimate of drug-likeness (QED) is 0.652. The summed E-state index contributed by atoms with van der Waals surface area (Å²) in [6, 6.07) is 9.62. The fourth-order valence-corrected chi connectivity index (χ4v) is 3.35. The van der Waals surface area contributed by atoms with Crippen molar-refractivity contribution >= 4 is 35.1 Å². The van der Waals surface area contributed by atoms with Crippen LogP contribution in [0.5, 0.6) is 0 Å². The van der Waals surface area contributed by atoms with Gasteiger partial charge in [0.15, 0.2) is 0 Å². The third-order valence-electron chi connectivity index (χ3n) is 3.98. The fourth-order valence-electron chi connectivity index (χ4n) is 2.48. The van der Waals surface area contributed by atoms with Crippen molar-refractivity contribution in [2.24, 2.45) is 7.05 Å². The molecule has 26 heavy (non-hydrogen) atoms. The molecule has 0 radical (unpaired) electrons. The number of thioether (sulfide) groups is 1. The number of carbonyl (C=O) groups is 1. The van der Waals surface area contributed by atoms with E-state index in [2.05, 4.69) is 25.9 Å². The Morgan fingerprint density at radius 1 is 1.35 bits per heavy atom. The van der Waals surface area contributed by atoms with Crippen molar-refractivity contribution in [3.63, 3.8) is 0 Å². The average molecular weight is 390 g/mol. The molecule has 0 atom stereocenters. The van der Waals surface area contributed by atoms with E-state index in [0.29, 0.717) is 22.0 Å². The largest absolute Gasteiger partial charge is 0.310 e. The van der Waals surface area contributed by atoms with Crippen LogP contribution in [0.4, 0.5) is 5.82 Å². The van der Waals surface area contributed by atoms with Crippen LogP contribution in [0.3, 0.4) is 0 Å². The van der Waals surface area contributed by atoms with Gasteiger partial charge in [0.05, 0.1) is 17.5 Å². The van der Waals surface area contributed by atoms with E-state index in [1.54, 1.807) is 16.4 Å². The summed E-state index contributed by atoms with van der Waals surface area (Å²) < 4.78 is 3.43. The minimum atomic E-state index is -0.133. The van der Waals surface area contributed by atoms with Gasteiger partial charge in [0.25, 0.3) is 0 Å². The van der Waals surface area contributed by atoms with Crippen molar-refractivity contribution in [1.82, 2.24) is 30.0 Å². The van der Waals surface area contributed by atoms with Crippen LogP contribution < -0.4 is 5.32 Å². The highest BCUT2D eigenvalue weighted by Crippen LogP contribution is 2.36. The normalized spacial score (nSPS) is 13.8. The predicted octanol–water partition coefficient (Wildman–Crippen LogP) is 2.79. The lowest BCUT2D eigenvalue weighted by Crippen LogP contribution is -2.16. The standard InChI is InChI=1S/C16H16ClN7OS/c1-23-14(8-13(20-23)10-2-4-11(17)5-3-10)18-15(25)9-26-16-19-21-22-24(16)12-6-7-12/h2-5,8,12H,6-7,9H2,1H3,(H,18,25). The number of nitrogens with zero attached hydrogens (tertiary/aromatic N) is 6. The second kappa shape index (κ2) is 7.08. The Kier molecular flexibility index (Phi) is 4.64. The second-order valence-electron chi connectivity index (χ2n) is 6.02. The zero-order chi connectivity index (χ0) is 18.1. The van der Waals surface area contributed by atoms with Crippen LogP contribution >= 0.6 is 23.4 Å². The van der Waals surface area contributed by atoms with E-state index < -0.39 is 0 Å². The minimum absolute atomic E-state index is 0.133. The number of aryl methyl sites for hydroxylation is 1. The highest BCUT2D eigenvalue weighted by atomic mass is 35.5. The molecule has 0 bridgehead atoms. The Labute approximate surface area is 158 Å². The maximum Gasteiger partial charge on any atom is 0.235 e. The summed E-state index contributed by atoms with van der Waals surface area (Å²) in [6.07, 6.45) is 2.18. The highest BCUT2D eigenvalue weighted by molar-refractivity contribution is 7.99. The van der Waals surface area contributed by atoms with E-state index in [1.807, 2.05) is 30.3 Å². The van der Waals surface area contributed by atoms with Gasteiger partial charge in [-0.2, -0.15) is 5.10 Å². The first-order valence-electron chi connectivity index (χ1n) is 8.10. The maximum atomic E-state index is 12.3. The molecule has 1 fully saturated rings. The maximum absolute atomic E-state index is 12.3. The molecule has 2 aromatic heterocycles. The second-order valence-corrected chi connectivity index (χ2v) is 7.40. The number of tetrazole rings is 1. The zero-order valence-corrected chi connectivity index (χ0v) is 15.5. The van der Waals surface area contributed by atoms with Crippen LogP contribution in [-0.4, -0.2) is 41.6 Å². The predicted molar refractivity (Wildman–Crippen MR) is 99.1 cm³/mol. The van der Waals surface area contributed by atoms with E-state index >= 15 is 0 Å². The van der Waals surface area contributed by atoms with Crippen molar-refractivity contribution in [3.05, 3.63) is 35.4 Å². The van der Waals surface area contributed by atoms with Gasteiger partial charge in [0.2, 0.25) is 11.1 Å². The molecule has 0 aliphatic heterocycles. The lowest BCUT2D eigenvalue weighted by Gasteiger charge is -2.05. The number of amides is 1. The van der Waals surface area contributed by atoms with Gasteiger partial charge in [0, 0.05) is 23.7 Å². The molecule has 0 saturated heterocycles. The molecule has 1 aliphatic carbocycles. The van der Waals surface area contributed by atoms with E-state index in [4.69, 9.17) is 11.6 Å². The number of halogens is 1. The first-order valence-corrected chi connectivity index (χ1v) is 9.47. The summed E-state index contributed by atoms with van der Waals surface area (Å²) in [7, 11) is 1.79. The molecule has 1 N–H and O–H groups in total. The van der Waals surface area contributed by atoms with E-state index in [9.17, 15) is 4.79 Å². The van der Waals surface area contributed by atoms with Gasteiger partial charge in [-0.15, -0.1) is 5.10 Å². The van der Waals surface area contributed by atoms with E-state index in [-0.39, 0.29) is 11.7 Å². The Balaban J connectivity index is 1.39. The summed E-state index contributed by atoms with van der Waals surface area (Å²) in [5.41, 5.74) is 1.70. The number of hydrogen-bond donors (Lipinski definition) is 1. The van der Waals surface area contributed by atoms with Gasteiger partial charge in [0.1, 0.15) is 5.82 Å². The molecule has 8 nitrogen and oxygen atoms in total. The molecule has 1 aliphatic rings. The van der Waals surface area contributed by atoms with E-state index in [1.165, 1.54) is 11.8 Å². The highest BCUT2D eigenvalue weighted by Gasteiger charge is 2.28. The third-order valence-corrected chi connectivity index (χ3v) is 5.16. The SMILES string of the molecule is Cn1nc(-c2ccc(Cl)cc2)cc1NC(=O)CSc1nnnn1C1CC1. The van der Waals surface area contributed by atoms with E-state index in [0.717, 1.165) is 24.1 Å². The molecule has 4 rings (SSSR count). The molecule has 2 heterocycles. The smallest absolute Gasteiger partial charge is 0.235 e. The molecule has 10 heteroatoms. The monoisotopic (exact) mass is 389 g/mol. The molecular weight excluding hydrogens is 374 g/mol. The molecule has 1 amide bonds. The molecule has 3 aromatic rings. The first kappa shape index (κ1) is 17.0. The lowest BCUT2D eigenvalue weighted by atomic mass is 10.1. The van der Waals surface area contributed by atoms with Gasteiger partial charge in [-0.3, -0.25) is 9.48 Å². The van der Waals surface area contributed by atoms with Gasteiger partial charge < -0.3 is 5.32 Å². The molecule has 0 spiro atoms. The summed E-state index contributed by atoms with van der Waals surface area (Å²) in [5.74, 6) is 0.725. The van der Waals surface area contributed by atoms with Crippen LogP contribution in [0.2, 0.25) is 5.02 Å². The van der Waals surface area contributed by atoms with Crippen LogP contribution in [0, 0.1) is 0 Å². The van der Waals surface area contributed by atoms with Crippen molar-refractivity contribution in [2.45, 2.75) is 24.0 Å². The minimum Gasteiger partial charge on any atom is -0.310 e. The molecular formula is C16H16ClN7OS. The number of rotatable bonds is 6. The number of nitrogens with one attached hydrogen (secondary N) is 1. The molecule has 0 unspecified atom stereocenters. The molecule has 1 aromatic carbocycles. The first-order chi connectivity index (χ1) is 12.6. The van der Waals surface area contributed by atoms with Gasteiger partial charge in [-0.05, 0) is 35.4 Å². The number of carbonyl (C=O) groups excluding carboxylic acids is 1. The molecule has 134 valence electrons. The van der Waals surface area contributed by atoms with Crippen molar-refractivity contribution in [2.75, 3.05) is 11.1 Å². The summed E-state index contributed by atoms with van der Waals surface area (Å²) in [6.45, 7) is 0. The Bertz CT molecular complexity index is 932. The Morgan fingerprint density at radius 2 is 2.12 bits per heavy atom. The summed E-state index contributed by atoms with van der Waals surface area (Å²) in [5, 5.41) is 20.3. The third kappa shape index (κ3) is 3.73. The lowest BCUT2D eigenvalue weighted by molar-refractivity contribution is -0.113. The van der Waals surface area contributed by atoms with Crippen LogP contribution in [0.15, 0.2) is 35.5 Å². The Hall–Kier alpha value is -2.39. The number of hydrogen-bond acceptors (Lipinski definition) is 6. The number of benzene rings is 1. The van der Waals surface area contributed by atoms with Crippen LogP contribution in [0.1, 0.15) is 18.9 Å². The number of aromatic nitrogens is 6. The summed E-state index contributed by atoms with van der Waals surface area (Å²) in [4.78, 5) is 12.3. The van der Waals surface area contributed by atoms with Gasteiger partial charge in [-0.1, -0.05) is 35.5 Å².